The lowest BCUT2D eigenvalue weighted by Gasteiger charge is -2.30. The summed E-state index contributed by atoms with van der Waals surface area (Å²) in [6.45, 7) is 4.37. The van der Waals surface area contributed by atoms with E-state index < -0.39 is 0 Å². The lowest BCUT2D eigenvalue weighted by atomic mass is 9.84. The summed E-state index contributed by atoms with van der Waals surface area (Å²) >= 11 is 1.78. The van der Waals surface area contributed by atoms with Gasteiger partial charge in [0.05, 0.1) is 5.75 Å². The van der Waals surface area contributed by atoms with Crippen LogP contribution < -0.4 is 0 Å². The van der Waals surface area contributed by atoms with E-state index in [9.17, 15) is 4.79 Å². The molecule has 1 aliphatic heterocycles. The standard InChI is InChI=1S/C8H14OS/c1-3-8(2)4-7(9)5-10-6-8/h3-6H2,1-2H3. The average molecular weight is 158 g/mol. The highest BCUT2D eigenvalue weighted by atomic mass is 32.2. The zero-order chi connectivity index (χ0) is 7.61. The van der Waals surface area contributed by atoms with E-state index in [1.807, 2.05) is 0 Å². The van der Waals surface area contributed by atoms with Gasteiger partial charge in [0.25, 0.3) is 0 Å². The van der Waals surface area contributed by atoms with Crippen LogP contribution >= 0.6 is 11.8 Å². The van der Waals surface area contributed by atoms with Gasteiger partial charge in [0.15, 0.2) is 0 Å². The Labute approximate surface area is 66.6 Å². The van der Waals surface area contributed by atoms with Crippen LogP contribution in [0.1, 0.15) is 26.7 Å². The van der Waals surface area contributed by atoms with Gasteiger partial charge < -0.3 is 0 Å². The molecule has 0 bridgehead atoms. The number of hydrogen-bond acceptors (Lipinski definition) is 2. The fourth-order valence-electron chi connectivity index (χ4n) is 1.22. The quantitative estimate of drug-likeness (QED) is 0.581. The van der Waals surface area contributed by atoms with Gasteiger partial charge in [-0.3, -0.25) is 4.79 Å². The molecule has 1 nitrogen and oxygen atoms in total. The first-order chi connectivity index (χ1) is 4.66. The Morgan fingerprint density at radius 1 is 1.70 bits per heavy atom. The van der Waals surface area contributed by atoms with Gasteiger partial charge in [-0.05, 0) is 17.6 Å². The average Bonchev–Trinajstić information content (AvgIpc) is 1.88. The zero-order valence-electron chi connectivity index (χ0n) is 6.64. The Balaban J connectivity index is 2.53. The molecule has 58 valence electrons. The maximum atomic E-state index is 11.0. The van der Waals surface area contributed by atoms with E-state index in [4.69, 9.17) is 0 Å². The van der Waals surface area contributed by atoms with Gasteiger partial charge in [0.2, 0.25) is 0 Å². The van der Waals surface area contributed by atoms with E-state index in [0.717, 1.165) is 24.3 Å². The third-order valence-corrected chi connectivity index (χ3v) is 3.62. The van der Waals surface area contributed by atoms with E-state index in [0.29, 0.717) is 11.2 Å². The summed E-state index contributed by atoms with van der Waals surface area (Å²) < 4.78 is 0. The van der Waals surface area contributed by atoms with E-state index in [-0.39, 0.29) is 0 Å². The third kappa shape index (κ3) is 1.75. The molecule has 1 aliphatic rings. The van der Waals surface area contributed by atoms with E-state index in [2.05, 4.69) is 13.8 Å². The number of carbonyl (C=O) groups is 1. The fraction of sp³-hybridized carbons (Fsp3) is 0.875. The van der Waals surface area contributed by atoms with Crippen LogP contribution in [-0.2, 0) is 4.79 Å². The minimum Gasteiger partial charge on any atom is -0.299 e. The molecular formula is C8H14OS. The number of carbonyl (C=O) groups excluding carboxylic acids is 1. The molecule has 10 heavy (non-hydrogen) atoms. The third-order valence-electron chi connectivity index (χ3n) is 2.19. The minimum atomic E-state index is 0.306. The van der Waals surface area contributed by atoms with Crippen LogP contribution in [0, 0.1) is 5.41 Å². The number of rotatable bonds is 1. The van der Waals surface area contributed by atoms with E-state index in [1.165, 1.54) is 0 Å². The summed E-state index contributed by atoms with van der Waals surface area (Å²) in [5.74, 6) is 2.34. The zero-order valence-corrected chi connectivity index (χ0v) is 7.46. The van der Waals surface area contributed by atoms with Gasteiger partial charge >= 0.3 is 0 Å². The topological polar surface area (TPSA) is 17.1 Å². The molecule has 0 aromatic carbocycles. The van der Waals surface area contributed by atoms with Crippen LogP contribution in [0.4, 0.5) is 0 Å². The lowest BCUT2D eigenvalue weighted by molar-refractivity contribution is -0.118. The lowest BCUT2D eigenvalue weighted by Crippen LogP contribution is -2.28. The molecule has 2 heteroatoms. The molecule has 0 aromatic rings. The first-order valence-corrected chi connectivity index (χ1v) is 4.91. The molecule has 1 saturated heterocycles. The van der Waals surface area contributed by atoms with Gasteiger partial charge in [-0.15, -0.1) is 0 Å². The smallest absolute Gasteiger partial charge is 0.143 e. The Kier molecular flexibility index (Phi) is 2.40. The second-order valence-corrected chi connectivity index (χ2v) is 4.36. The SMILES string of the molecule is CCC1(C)CSCC(=O)C1. The molecule has 0 saturated carbocycles. The highest BCUT2D eigenvalue weighted by Gasteiger charge is 2.29. The maximum absolute atomic E-state index is 11.0. The number of hydrogen-bond donors (Lipinski definition) is 0. The Morgan fingerprint density at radius 3 is 2.80 bits per heavy atom. The van der Waals surface area contributed by atoms with Gasteiger partial charge in [-0.25, -0.2) is 0 Å². The summed E-state index contributed by atoms with van der Waals surface area (Å²) in [7, 11) is 0. The Bertz CT molecular complexity index is 144. The summed E-state index contributed by atoms with van der Waals surface area (Å²) in [5.41, 5.74) is 0.306. The molecule has 1 unspecified atom stereocenters. The molecule has 0 N–H and O–H groups in total. The molecule has 0 aromatic heterocycles. The maximum Gasteiger partial charge on any atom is 0.143 e. The fourth-order valence-corrected chi connectivity index (χ4v) is 2.45. The highest BCUT2D eigenvalue weighted by Crippen LogP contribution is 2.34. The summed E-state index contributed by atoms with van der Waals surface area (Å²) in [6, 6.07) is 0. The van der Waals surface area contributed by atoms with Crippen molar-refractivity contribution in [2.75, 3.05) is 11.5 Å². The molecule has 0 amide bonds. The predicted molar refractivity (Wildman–Crippen MR) is 45.3 cm³/mol. The van der Waals surface area contributed by atoms with Crippen molar-refractivity contribution in [1.29, 1.82) is 0 Å². The van der Waals surface area contributed by atoms with E-state index in [1.54, 1.807) is 11.8 Å². The van der Waals surface area contributed by atoms with Crippen LogP contribution in [0.3, 0.4) is 0 Å². The highest BCUT2D eigenvalue weighted by molar-refractivity contribution is 8.00. The summed E-state index contributed by atoms with van der Waals surface area (Å²) in [4.78, 5) is 11.0. The van der Waals surface area contributed by atoms with Crippen molar-refractivity contribution in [3.63, 3.8) is 0 Å². The molecule has 1 fully saturated rings. The van der Waals surface area contributed by atoms with Crippen LogP contribution in [0.15, 0.2) is 0 Å². The number of Topliss-reactive ketones (excluding diaryl/α,β-unsaturated/α-hetero) is 1. The van der Waals surface area contributed by atoms with Crippen molar-refractivity contribution in [2.45, 2.75) is 26.7 Å². The van der Waals surface area contributed by atoms with Crippen LogP contribution in [0.5, 0.6) is 0 Å². The summed E-state index contributed by atoms with van der Waals surface area (Å²) in [6.07, 6.45) is 1.93. The van der Waals surface area contributed by atoms with Gasteiger partial charge in [0.1, 0.15) is 5.78 Å². The van der Waals surface area contributed by atoms with Crippen LogP contribution in [-0.4, -0.2) is 17.3 Å². The van der Waals surface area contributed by atoms with Crippen molar-refractivity contribution in [2.24, 2.45) is 5.41 Å². The first kappa shape index (κ1) is 8.12. The summed E-state index contributed by atoms with van der Waals surface area (Å²) in [5, 5.41) is 0. The first-order valence-electron chi connectivity index (χ1n) is 3.76. The van der Waals surface area contributed by atoms with Crippen molar-refractivity contribution >= 4 is 17.5 Å². The van der Waals surface area contributed by atoms with Gasteiger partial charge in [-0.1, -0.05) is 13.8 Å². The molecule has 1 atom stereocenters. The van der Waals surface area contributed by atoms with Crippen molar-refractivity contribution in [1.82, 2.24) is 0 Å². The van der Waals surface area contributed by atoms with Crippen LogP contribution in [0.2, 0.25) is 0 Å². The van der Waals surface area contributed by atoms with Crippen LogP contribution in [0.25, 0.3) is 0 Å². The molecule has 0 radical (unpaired) electrons. The number of ketones is 1. The minimum absolute atomic E-state index is 0.306. The molecular weight excluding hydrogens is 144 g/mol. The van der Waals surface area contributed by atoms with Crippen molar-refractivity contribution in [3.8, 4) is 0 Å². The second kappa shape index (κ2) is 2.95. The van der Waals surface area contributed by atoms with Gasteiger partial charge in [-0.2, -0.15) is 11.8 Å². The Morgan fingerprint density at radius 2 is 2.40 bits per heavy atom. The molecule has 0 spiro atoms. The Hall–Kier alpha value is 0.0200. The number of thioether (sulfide) groups is 1. The predicted octanol–water partition coefficient (Wildman–Crippen LogP) is 2.11. The van der Waals surface area contributed by atoms with Gasteiger partial charge in [0, 0.05) is 6.42 Å². The normalized spacial score (nSPS) is 34.4. The van der Waals surface area contributed by atoms with E-state index >= 15 is 0 Å². The molecule has 1 heterocycles. The largest absolute Gasteiger partial charge is 0.299 e. The van der Waals surface area contributed by atoms with Crippen molar-refractivity contribution < 1.29 is 4.79 Å². The molecule has 0 aliphatic carbocycles. The van der Waals surface area contributed by atoms with Crippen molar-refractivity contribution in [3.05, 3.63) is 0 Å². The molecule has 1 rings (SSSR count). The second-order valence-electron chi connectivity index (χ2n) is 3.37. The monoisotopic (exact) mass is 158 g/mol.